The number of rotatable bonds is 4. The average molecular weight is 178 g/mol. The standard InChI is InChI=1S/C10H14N2O/c1-2-13-10(11)4-3-9-5-7-12-8-6-9/h5-8,11H,2-4H2,1H3. The normalized spacial score (nSPS) is 9.62. The zero-order chi connectivity index (χ0) is 9.52. The molecule has 3 nitrogen and oxygen atoms in total. The predicted octanol–water partition coefficient (Wildman–Crippen LogP) is 2.03. The van der Waals surface area contributed by atoms with E-state index in [1.165, 1.54) is 5.56 Å². The van der Waals surface area contributed by atoms with Crippen LogP contribution in [0.1, 0.15) is 18.9 Å². The number of hydrogen-bond donors (Lipinski definition) is 1. The molecule has 0 atom stereocenters. The Kier molecular flexibility index (Phi) is 3.96. The van der Waals surface area contributed by atoms with Gasteiger partial charge in [0.05, 0.1) is 6.61 Å². The highest BCUT2D eigenvalue weighted by Gasteiger charge is 1.97. The molecule has 1 rings (SSSR count). The molecule has 0 fully saturated rings. The van der Waals surface area contributed by atoms with Crippen LogP contribution in [0.15, 0.2) is 24.5 Å². The fourth-order valence-corrected chi connectivity index (χ4v) is 1.05. The fraction of sp³-hybridized carbons (Fsp3) is 0.400. The summed E-state index contributed by atoms with van der Waals surface area (Å²) >= 11 is 0. The Bertz CT molecular complexity index is 259. The maximum Gasteiger partial charge on any atom is 0.180 e. The first-order chi connectivity index (χ1) is 6.33. The first kappa shape index (κ1) is 9.71. The van der Waals surface area contributed by atoms with Crippen molar-refractivity contribution in [1.82, 2.24) is 4.98 Å². The second-order valence-electron chi connectivity index (χ2n) is 2.71. The third kappa shape index (κ3) is 3.69. The van der Waals surface area contributed by atoms with Gasteiger partial charge >= 0.3 is 0 Å². The second kappa shape index (κ2) is 5.30. The van der Waals surface area contributed by atoms with E-state index < -0.39 is 0 Å². The summed E-state index contributed by atoms with van der Waals surface area (Å²) in [5, 5.41) is 7.40. The summed E-state index contributed by atoms with van der Waals surface area (Å²) in [7, 11) is 0. The molecule has 0 bridgehead atoms. The molecule has 1 N–H and O–H groups in total. The van der Waals surface area contributed by atoms with Crippen LogP contribution in [0.2, 0.25) is 0 Å². The van der Waals surface area contributed by atoms with Crippen LogP contribution in [0.25, 0.3) is 0 Å². The van der Waals surface area contributed by atoms with Crippen LogP contribution in [0, 0.1) is 5.41 Å². The minimum absolute atomic E-state index is 0.360. The van der Waals surface area contributed by atoms with E-state index in [1.54, 1.807) is 12.4 Å². The minimum atomic E-state index is 0.360. The minimum Gasteiger partial charge on any atom is -0.481 e. The maximum absolute atomic E-state index is 7.40. The largest absolute Gasteiger partial charge is 0.481 e. The Labute approximate surface area is 78.3 Å². The van der Waals surface area contributed by atoms with Crippen LogP contribution in [0.3, 0.4) is 0 Å². The van der Waals surface area contributed by atoms with E-state index in [1.807, 2.05) is 19.1 Å². The number of ether oxygens (including phenoxy) is 1. The van der Waals surface area contributed by atoms with Crippen LogP contribution in [0.5, 0.6) is 0 Å². The molecule has 0 amide bonds. The van der Waals surface area contributed by atoms with E-state index in [2.05, 4.69) is 4.98 Å². The van der Waals surface area contributed by atoms with Crippen molar-refractivity contribution in [2.75, 3.05) is 6.61 Å². The van der Waals surface area contributed by atoms with Gasteiger partial charge in [0.25, 0.3) is 0 Å². The Morgan fingerprint density at radius 1 is 1.46 bits per heavy atom. The number of aryl methyl sites for hydroxylation is 1. The van der Waals surface area contributed by atoms with Crippen LogP contribution in [-0.2, 0) is 11.2 Å². The van der Waals surface area contributed by atoms with Crippen molar-refractivity contribution in [1.29, 1.82) is 5.41 Å². The molecule has 1 heterocycles. The summed E-state index contributed by atoms with van der Waals surface area (Å²) in [6, 6.07) is 3.92. The van der Waals surface area contributed by atoms with Crippen molar-refractivity contribution in [3.05, 3.63) is 30.1 Å². The molecule has 1 aromatic rings. The van der Waals surface area contributed by atoms with Gasteiger partial charge in [0.2, 0.25) is 0 Å². The lowest BCUT2D eigenvalue weighted by molar-refractivity contribution is 0.314. The molecule has 1 aromatic heterocycles. The zero-order valence-corrected chi connectivity index (χ0v) is 7.79. The van der Waals surface area contributed by atoms with Gasteiger partial charge in [-0.15, -0.1) is 0 Å². The number of hydrogen-bond acceptors (Lipinski definition) is 3. The topological polar surface area (TPSA) is 46.0 Å². The Hall–Kier alpha value is -1.38. The van der Waals surface area contributed by atoms with Crippen molar-refractivity contribution in [3.8, 4) is 0 Å². The van der Waals surface area contributed by atoms with Crippen molar-refractivity contribution in [3.63, 3.8) is 0 Å². The fourth-order valence-electron chi connectivity index (χ4n) is 1.05. The van der Waals surface area contributed by atoms with Crippen molar-refractivity contribution in [2.24, 2.45) is 0 Å². The van der Waals surface area contributed by atoms with Gasteiger partial charge in [-0.25, -0.2) is 0 Å². The molecule has 0 aliphatic carbocycles. The lowest BCUT2D eigenvalue weighted by atomic mass is 10.1. The Morgan fingerprint density at radius 2 is 2.15 bits per heavy atom. The first-order valence-electron chi connectivity index (χ1n) is 4.42. The number of aromatic nitrogens is 1. The summed E-state index contributed by atoms with van der Waals surface area (Å²) in [6.07, 6.45) is 5.04. The van der Waals surface area contributed by atoms with Crippen LogP contribution in [-0.4, -0.2) is 17.5 Å². The number of pyridine rings is 1. The summed E-state index contributed by atoms with van der Waals surface area (Å²) < 4.78 is 5.03. The second-order valence-corrected chi connectivity index (χ2v) is 2.71. The van der Waals surface area contributed by atoms with Gasteiger partial charge in [-0.1, -0.05) is 0 Å². The van der Waals surface area contributed by atoms with E-state index >= 15 is 0 Å². The molecule has 0 aliphatic heterocycles. The molecule has 0 aliphatic rings. The highest BCUT2D eigenvalue weighted by atomic mass is 16.5. The molecule has 0 saturated carbocycles. The summed E-state index contributed by atoms with van der Waals surface area (Å²) in [5.41, 5.74) is 1.19. The van der Waals surface area contributed by atoms with Crippen molar-refractivity contribution in [2.45, 2.75) is 19.8 Å². The van der Waals surface area contributed by atoms with Gasteiger partial charge in [0.15, 0.2) is 5.90 Å². The molecular formula is C10H14N2O. The van der Waals surface area contributed by atoms with Crippen LogP contribution >= 0.6 is 0 Å². The zero-order valence-electron chi connectivity index (χ0n) is 7.79. The Balaban J connectivity index is 2.31. The van der Waals surface area contributed by atoms with Crippen molar-refractivity contribution >= 4 is 5.90 Å². The summed E-state index contributed by atoms with van der Waals surface area (Å²) in [5.74, 6) is 0.360. The van der Waals surface area contributed by atoms with Gasteiger partial charge in [0.1, 0.15) is 0 Å². The molecule has 0 aromatic carbocycles. The average Bonchev–Trinajstić information content (AvgIpc) is 2.17. The summed E-state index contributed by atoms with van der Waals surface area (Å²) in [4.78, 5) is 3.92. The molecule has 0 unspecified atom stereocenters. The lowest BCUT2D eigenvalue weighted by Gasteiger charge is -2.03. The summed E-state index contributed by atoms with van der Waals surface area (Å²) in [6.45, 7) is 2.47. The SMILES string of the molecule is CCOC(=N)CCc1ccncc1. The van der Waals surface area contributed by atoms with E-state index in [9.17, 15) is 0 Å². The van der Waals surface area contributed by atoms with Gasteiger partial charge in [-0.2, -0.15) is 0 Å². The number of nitrogens with one attached hydrogen (secondary N) is 1. The third-order valence-electron chi connectivity index (χ3n) is 1.71. The molecule has 70 valence electrons. The van der Waals surface area contributed by atoms with E-state index in [0.717, 1.165) is 6.42 Å². The maximum atomic E-state index is 7.40. The quantitative estimate of drug-likeness (QED) is 0.566. The van der Waals surface area contributed by atoms with Crippen LogP contribution in [0.4, 0.5) is 0 Å². The molecule has 0 spiro atoms. The number of nitrogens with zero attached hydrogens (tertiary/aromatic N) is 1. The highest BCUT2D eigenvalue weighted by molar-refractivity contribution is 5.72. The Morgan fingerprint density at radius 3 is 2.77 bits per heavy atom. The van der Waals surface area contributed by atoms with Gasteiger partial charge < -0.3 is 4.74 Å². The first-order valence-corrected chi connectivity index (χ1v) is 4.42. The molecule has 0 saturated heterocycles. The van der Waals surface area contributed by atoms with Crippen LogP contribution < -0.4 is 0 Å². The van der Waals surface area contributed by atoms with E-state index in [-0.39, 0.29) is 0 Å². The smallest absolute Gasteiger partial charge is 0.180 e. The third-order valence-corrected chi connectivity index (χ3v) is 1.71. The van der Waals surface area contributed by atoms with Crippen molar-refractivity contribution < 1.29 is 4.74 Å². The molecular weight excluding hydrogens is 164 g/mol. The molecule has 0 radical (unpaired) electrons. The lowest BCUT2D eigenvalue weighted by Crippen LogP contribution is -2.04. The highest BCUT2D eigenvalue weighted by Crippen LogP contribution is 2.01. The molecule has 3 heteroatoms. The predicted molar refractivity (Wildman–Crippen MR) is 51.9 cm³/mol. The van der Waals surface area contributed by atoms with Gasteiger partial charge in [-0.3, -0.25) is 10.4 Å². The van der Waals surface area contributed by atoms with Gasteiger partial charge in [0, 0.05) is 18.8 Å². The molecule has 13 heavy (non-hydrogen) atoms. The van der Waals surface area contributed by atoms with E-state index in [4.69, 9.17) is 10.1 Å². The monoisotopic (exact) mass is 178 g/mol. The van der Waals surface area contributed by atoms with Gasteiger partial charge in [-0.05, 0) is 31.0 Å². The van der Waals surface area contributed by atoms with E-state index in [0.29, 0.717) is 18.9 Å².